The van der Waals surface area contributed by atoms with Crippen LogP contribution in [0.25, 0.3) is 0 Å². The van der Waals surface area contributed by atoms with Gasteiger partial charge in [-0.1, -0.05) is 52.4 Å². The van der Waals surface area contributed by atoms with E-state index >= 15 is 0 Å². The normalized spacial score (nSPS) is 29.5. The molecule has 1 saturated heterocycles. The van der Waals surface area contributed by atoms with Crippen LogP contribution < -0.4 is 10.6 Å². The highest BCUT2D eigenvalue weighted by Crippen LogP contribution is 2.17. The summed E-state index contributed by atoms with van der Waals surface area (Å²) >= 11 is 0. The van der Waals surface area contributed by atoms with Gasteiger partial charge in [-0.3, -0.25) is 9.59 Å². The van der Waals surface area contributed by atoms with Gasteiger partial charge in [-0.25, -0.2) is 0 Å². The van der Waals surface area contributed by atoms with Crippen molar-refractivity contribution < 1.29 is 19.2 Å². The van der Waals surface area contributed by atoms with Crippen molar-refractivity contribution in [1.29, 1.82) is 0 Å². The van der Waals surface area contributed by atoms with Crippen LogP contribution in [-0.4, -0.2) is 50.3 Å². The average Bonchev–Trinajstić information content (AvgIpc) is 2.88. The molecule has 6 nitrogen and oxygen atoms in total. The van der Waals surface area contributed by atoms with Gasteiger partial charge in [0.2, 0.25) is 0 Å². The summed E-state index contributed by atoms with van der Waals surface area (Å²) in [5.74, 6) is 0.953. The molecule has 0 saturated carbocycles. The molecule has 0 spiro atoms. The summed E-state index contributed by atoms with van der Waals surface area (Å²) in [4.78, 5) is 47.7. The lowest BCUT2D eigenvalue weighted by Gasteiger charge is -2.14. The fraction of sp³-hybridized carbons (Fsp3) is 0.867. The number of aldehydes is 2. The van der Waals surface area contributed by atoms with Crippen molar-refractivity contribution in [3.8, 4) is 0 Å². The molecule has 0 radical (unpaired) electrons. The number of hydrogen-bond acceptors (Lipinski definition) is 6. The molecule has 0 bridgehead atoms. The Bertz CT molecular complexity index is 558. The first-order chi connectivity index (χ1) is 17.5. The molecule has 1 rings (SSSR count). The van der Waals surface area contributed by atoms with Gasteiger partial charge in [0.25, 0.3) is 0 Å². The fourth-order valence-electron chi connectivity index (χ4n) is 5.02. The first kappa shape index (κ1) is 32.6. The topological polar surface area (TPSA) is 92.3 Å². The van der Waals surface area contributed by atoms with Gasteiger partial charge in [-0.05, 0) is 64.5 Å². The molecule has 4 unspecified atom stereocenters. The van der Waals surface area contributed by atoms with Gasteiger partial charge >= 0.3 is 0 Å². The lowest BCUT2D eigenvalue weighted by atomic mass is 9.95. The van der Waals surface area contributed by atoms with E-state index in [1.165, 1.54) is 0 Å². The van der Waals surface area contributed by atoms with Crippen LogP contribution in [0.2, 0.25) is 0 Å². The lowest BCUT2D eigenvalue weighted by molar-refractivity contribution is -0.123. The van der Waals surface area contributed by atoms with Crippen LogP contribution in [0, 0.1) is 23.7 Å². The second-order valence-corrected chi connectivity index (χ2v) is 11.1. The number of carbonyl (C=O) groups excluding carboxylic acids is 4. The standard InChI is InChI=1S/C30H54N2O4/c1-25-21-31-19-11-15-27(23-33)14-8-4-6-10-18-30(36)26(2)22-32-20-12-16-28(24-34)13-7-3-5-9-17-29(25)35/h23-28,31-32H,3-22H2,1-2H3. The zero-order valence-electron chi connectivity index (χ0n) is 23.2. The van der Waals surface area contributed by atoms with Crippen LogP contribution >= 0.6 is 0 Å². The minimum atomic E-state index is 0.0293. The van der Waals surface area contributed by atoms with Crippen LogP contribution in [0.15, 0.2) is 0 Å². The number of carbonyl (C=O) groups is 4. The summed E-state index contributed by atoms with van der Waals surface area (Å²) < 4.78 is 0. The summed E-state index contributed by atoms with van der Waals surface area (Å²) in [5.41, 5.74) is 0. The summed E-state index contributed by atoms with van der Waals surface area (Å²) in [5, 5.41) is 6.79. The van der Waals surface area contributed by atoms with Gasteiger partial charge in [0.1, 0.15) is 24.1 Å². The van der Waals surface area contributed by atoms with E-state index in [2.05, 4.69) is 10.6 Å². The maximum atomic E-state index is 12.4. The van der Waals surface area contributed by atoms with Crippen molar-refractivity contribution in [1.82, 2.24) is 10.6 Å². The average molecular weight is 507 g/mol. The van der Waals surface area contributed by atoms with E-state index in [1.54, 1.807) is 0 Å². The van der Waals surface area contributed by atoms with Crippen molar-refractivity contribution in [3.05, 3.63) is 0 Å². The number of hydrogen-bond donors (Lipinski definition) is 2. The van der Waals surface area contributed by atoms with Gasteiger partial charge in [-0.15, -0.1) is 0 Å². The van der Waals surface area contributed by atoms with E-state index in [9.17, 15) is 19.2 Å². The monoisotopic (exact) mass is 506 g/mol. The molecule has 0 aliphatic carbocycles. The predicted octanol–water partition coefficient (Wildman–Crippen LogP) is 5.46. The largest absolute Gasteiger partial charge is 0.316 e. The van der Waals surface area contributed by atoms with Gasteiger partial charge in [-0.2, -0.15) is 0 Å². The Hall–Kier alpha value is -1.40. The van der Waals surface area contributed by atoms with E-state index in [1.807, 2.05) is 13.8 Å². The van der Waals surface area contributed by atoms with E-state index in [4.69, 9.17) is 0 Å². The van der Waals surface area contributed by atoms with Gasteiger partial charge in [0.15, 0.2) is 0 Å². The second kappa shape index (κ2) is 21.7. The minimum Gasteiger partial charge on any atom is -0.316 e. The summed E-state index contributed by atoms with van der Waals surface area (Å²) in [6.07, 6.45) is 17.2. The molecule has 208 valence electrons. The third-order valence-electron chi connectivity index (χ3n) is 7.74. The molecule has 0 amide bonds. The van der Waals surface area contributed by atoms with Crippen LogP contribution in [0.4, 0.5) is 0 Å². The molecule has 0 aromatic heterocycles. The Morgan fingerprint density at radius 2 is 0.917 bits per heavy atom. The molecule has 2 N–H and O–H groups in total. The SMILES string of the molecule is CC1CNCCCC(C=O)CCCCCCC(=O)C(C)CNCCCC(C=O)CCCCCCC1=O. The van der Waals surface area contributed by atoms with Gasteiger partial charge in [0, 0.05) is 49.6 Å². The Morgan fingerprint density at radius 1 is 0.556 bits per heavy atom. The highest BCUT2D eigenvalue weighted by Gasteiger charge is 2.14. The molecule has 6 heteroatoms. The highest BCUT2D eigenvalue weighted by molar-refractivity contribution is 5.81. The highest BCUT2D eigenvalue weighted by atomic mass is 16.1. The molecule has 1 aliphatic heterocycles. The van der Waals surface area contributed by atoms with Gasteiger partial charge in [0.05, 0.1) is 0 Å². The number of ketones is 2. The number of rotatable bonds is 2. The van der Waals surface area contributed by atoms with Crippen molar-refractivity contribution >= 4 is 24.1 Å². The zero-order valence-corrected chi connectivity index (χ0v) is 23.2. The van der Waals surface area contributed by atoms with Gasteiger partial charge < -0.3 is 20.2 Å². The maximum Gasteiger partial charge on any atom is 0.136 e. The van der Waals surface area contributed by atoms with E-state index in [0.29, 0.717) is 37.5 Å². The fourth-order valence-corrected chi connectivity index (χ4v) is 5.02. The molecule has 0 aromatic rings. The molecular formula is C30H54N2O4. The van der Waals surface area contributed by atoms with Crippen LogP contribution in [0.5, 0.6) is 0 Å². The third-order valence-corrected chi connectivity index (χ3v) is 7.74. The Morgan fingerprint density at radius 3 is 1.31 bits per heavy atom. The third kappa shape index (κ3) is 16.4. The molecular weight excluding hydrogens is 452 g/mol. The number of nitrogens with one attached hydrogen (secondary N) is 2. The van der Waals surface area contributed by atoms with E-state index in [-0.39, 0.29) is 23.7 Å². The van der Waals surface area contributed by atoms with Crippen molar-refractivity contribution in [2.24, 2.45) is 23.7 Å². The predicted molar refractivity (Wildman–Crippen MR) is 147 cm³/mol. The lowest BCUT2D eigenvalue weighted by Crippen LogP contribution is -2.27. The molecule has 1 heterocycles. The van der Waals surface area contributed by atoms with Crippen LogP contribution in [0.1, 0.15) is 117 Å². The smallest absolute Gasteiger partial charge is 0.136 e. The summed E-state index contributed by atoms with van der Waals surface area (Å²) in [6.45, 7) is 7.10. The zero-order chi connectivity index (χ0) is 26.4. The van der Waals surface area contributed by atoms with Crippen molar-refractivity contribution in [2.75, 3.05) is 26.2 Å². The molecule has 1 aliphatic rings. The second-order valence-electron chi connectivity index (χ2n) is 11.1. The van der Waals surface area contributed by atoms with Crippen molar-refractivity contribution in [3.63, 3.8) is 0 Å². The quantitative estimate of drug-likeness (QED) is 0.483. The van der Waals surface area contributed by atoms with E-state index in [0.717, 1.165) is 116 Å². The van der Waals surface area contributed by atoms with Crippen molar-refractivity contribution in [2.45, 2.75) is 117 Å². The molecule has 0 aromatic carbocycles. The Balaban J connectivity index is 2.45. The number of Topliss-reactive ketones (excluding diaryl/α,β-unsaturated/α-hetero) is 2. The van der Waals surface area contributed by atoms with Crippen LogP contribution in [-0.2, 0) is 19.2 Å². The van der Waals surface area contributed by atoms with E-state index < -0.39 is 0 Å². The van der Waals surface area contributed by atoms with Crippen LogP contribution in [0.3, 0.4) is 0 Å². The first-order valence-electron chi connectivity index (χ1n) is 14.8. The molecule has 4 atom stereocenters. The Kier molecular flexibility index (Phi) is 19.6. The first-order valence-corrected chi connectivity index (χ1v) is 14.8. The maximum absolute atomic E-state index is 12.4. The Labute approximate surface area is 220 Å². The summed E-state index contributed by atoms with van der Waals surface area (Å²) in [7, 11) is 0. The minimum absolute atomic E-state index is 0.0293. The molecule has 1 fully saturated rings. The molecule has 36 heavy (non-hydrogen) atoms. The summed E-state index contributed by atoms with van der Waals surface area (Å²) in [6, 6.07) is 0.